The van der Waals surface area contributed by atoms with Crippen LogP contribution in [0.4, 0.5) is 8.78 Å². The molecule has 0 radical (unpaired) electrons. The highest BCUT2D eigenvalue weighted by atomic mass is 19.1. The molecule has 0 aliphatic carbocycles. The van der Waals surface area contributed by atoms with Crippen molar-refractivity contribution in [2.75, 3.05) is 20.3 Å². The Bertz CT molecular complexity index is 431. The fourth-order valence-corrected chi connectivity index (χ4v) is 2.05. The lowest BCUT2D eigenvalue weighted by molar-refractivity contribution is -0.0719. The largest absolute Gasteiger partial charge is 0.494 e. The van der Waals surface area contributed by atoms with Crippen LogP contribution in [-0.4, -0.2) is 26.4 Å². The molecule has 0 bridgehead atoms. The van der Waals surface area contributed by atoms with E-state index < -0.39 is 17.0 Å². The van der Waals surface area contributed by atoms with Crippen molar-refractivity contribution < 1.29 is 18.3 Å². The number of methoxy groups -OCH3 is 1. The maximum Gasteiger partial charge on any atom is 0.165 e. The summed E-state index contributed by atoms with van der Waals surface area (Å²) in [5, 5.41) is 0. The smallest absolute Gasteiger partial charge is 0.165 e. The highest BCUT2D eigenvalue weighted by Crippen LogP contribution is 2.38. The monoisotopic (exact) mass is 243 g/mol. The van der Waals surface area contributed by atoms with Crippen LogP contribution in [0.3, 0.4) is 0 Å². The van der Waals surface area contributed by atoms with E-state index in [0.717, 1.165) is 12.1 Å². The first-order valence-electron chi connectivity index (χ1n) is 5.38. The lowest BCUT2D eigenvalue weighted by Gasteiger charge is -2.45. The SMILES string of the molecule is COc1cc(F)c(C2(C(C)N)COC2)cc1F. The standard InChI is InChI=1S/C12H15F2NO2/c1-7(15)12(5-17-6-12)8-3-10(14)11(16-2)4-9(8)13/h3-4,7H,5-6,15H2,1-2H3. The predicted octanol–water partition coefficient (Wildman–Crippen LogP) is 1.59. The minimum atomic E-state index is -0.628. The molecule has 1 heterocycles. The fourth-order valence-electron chi connectivity index (χ4n) is 2.05. The second-order valence-corrected chi connectivity index (χ2v) is 4.40. The maximum absolute atomic E-state index is 13.9. The lowest BCUT2D eigenvalue weighted by Crippen LogP contribution is -2.58. The van der Waals surface area contributed by atoms with Gasteiger partial charge in [0.2, 0.25) is 0 Å². The quantitative estimate of drug-likeness (QED) is 0.876. The van der Waals surface area contributed by atoms with Gasteiger partial charge in [0.25, 0.3) is 0 Å². The fraction of sp³-hybridized carbons (Fsp3) is 0.500. The van der Waals surface area contributed by atoms with Gasteiger partial charge >= 0.3 is 0 Å². The Balaban J connectivity index is 2.48. The summed E-state index contributed by atoms with van der Waals surface area (Å²) in [4.78, 5) is 0. The number of halogens is 2. The number of benzene rings is 1. The van der Waals surface area contributed by atoms with Gasteiger partial charge in [-0.15, -0.1) is 0 Å². The van der Waals surface area contributed by atoms with Crippen LogP contribution < -0.4 is 10.5 Å². The van der Waals surface area contributed by atoms with E-state index in [0.29, 0.717) is 13.2 Å². The van der Waals surface area contributed by atoms with Crippen molar-refractivity contribution in [1.82, 2.24) is 0 Å². The Kier molecular flexibility index (Phi) is 3.05. The van der Waals surface area contributed by atoms with Gasteiger partial charge < -0.3 is 15.2 Å². The molecule has 1 aromatic rings. The molecule has 1 aromatic carbocycles. The van der Waals surface area contributed by atoms with Gasteiger partial charge in [0.15, 0.2) is 11.6 Å². The van der Waals surface area contributed by atoms with Crippen LogP contribution in [0.5, 0.6) is 5.75 Å². The zero-order chi connectivity index (χ0) is 12.6. The van der Waals surface area contributed by atoms with Gasteiger partial charge in [0.05, 0.1) is 25.7 Å². The van der Waals surface area contributed by atoms with Gasteiger partial charge in [-0.25, -0.2) is 8.78 Å². The second-order valence-electron chi connectivity index (χ2n) is 4.40. The topological polar surface area (TPSA) is 44.5 Å². The molecule has 1 fully saturated rings. The Labute approximate surface area is 98.5 Å². The predicted molar refractivity (Wildman–Crippen MR) is 59.1 cm³/mol. The molecule has 1 aliphatic heterocycles. The van der Waals surface area contributed by atoms with Crippen LogP contribution in [-0.2, 0) is 10.2 Å². The number of hydrogen-bond donors (Lipinski definition) is 1. The van der Waals surface area contributed by atoms with Gasteiger partial charge in [-0.2, -0.15) is 0 Å². The van der Waals surface area contributed by atoms with Crippen molar-refractivity contribution in [3.63, 3.8) is 0 Å². The number of ether oxygens (including phenoxy) is 2. The second kappa shape index (κ2) is 4.23. The van der Waals surface area contributed by atoms with Crippen molar-refractivity contribution in [3.8, 4) is 5.75 Å². The average Bonchev–Trinajstić information content (AvgIpc) is 2.20. The van der Waals surface area contributed by atoms with Crippen molar-refractivity contribution in [2.45, 2.75) is 18.4 Å². The molecule has 1 saturated heterocycles. The van der Waals surface area contributed by atoms with Crippen LogP contribution in [0.15, 0.2) is 12.1 Å². The van der Waals surface area contributed by atoms with E-state index in [2.05, 4.69) is 0 Å². The highest BCUT2D eigenvalue weighted by Gasteiger charge is 2.46. The van der Waals surface area contributed by atoms with E-state index >= 15 is 0 Å². The summed E-state index contributed by atoms with van der Waals surface area (Å²) in [5.41, 5.74) is 5.49. The van der Waals surface area contributed by atoms with E-state index in [9.17, 15) is 8.78 Å². The summed E-state index contributed by atoms with van der Waals surface area (Å²) in [5.74, 6) is -1.20. The highest BCUT2D eigenvalue weighted by molar-refractivity contribution is 5.38. The zero-order valence-electron chi connectivity index (χ0n) is 9.80. The third-order valence-electron chi connectivity index (χ3n) is 3.37. The zero-order valence-corrected chi connectivity index (χ0v) is 9.80. The first kappa shape index (κ1) is 12.3. The van der Waals surface area contributed by atoms with Gasteiger partial charge in [0.1, 0.15) is 5.82 Å². The molecule has 1 unspecified atom stereocenters. The molecule has 2 rings (SSSR count). The van der Waals surface area contributed by atoms with Gasteiger partial charge in [-0.3, -0.25) is 0 Å². The Hall–Kier alpha value is -1.20. The minimum Gasteiger partial charge on any atom is -0.494 e. The summed E-state index contributed by atoms with van der Waals surface area (Å²) in [6.07, 6.45) is 0. The van der Waals surface area contributed by atoms with Crippen molar-refractivity contribution in [3.05, 3.63) is 29.3 Å². The Morgan fingerprint density at radius 2 is 2.00 bits per heavy atom. The van der Waals surface area contributed by atoms with Crippen molar-refractivity contribution in [1.29, 1.82) is 0 Å². The van der Waals surface area contributed by atoms with Gasteiger partial charge in [0, 0.05) is 17.7 Å². The first-order chi connectivity index (χ1) is 8.01. The van der Waals surface area contributed by atoms with Crippen LogP contribution >= 0.6 is 0 Å². The van der Waals surface area contributed by atoms with Crippen molar-refractivity contribution >= 4 is 0 Å². The summed E-state index contributed by atoms with van der Waals surface area (Å²) in [6, 6.07) is 1.89. The van der Waals surface area contributed by atoms with Crippen LogP contribution in [0.2, 0.25) is 0 Å². The summed E-state index contributed by atoms with van der Waals surface area (Å²) in [6.45, 7) is 2.39. The average molecular weight is 243 g/mol. The summed E-state index contributed by atoms with van der Waals surface area (Å²) >= 11 is 0. The number of nitrogens with two attached hydrogens (primary N) is 1. The van der Waals surface area contributed by atoms with Crippen molar-refractivity contribution in [2.24, 2.45) is 5.73 Å². The van der Waals surface area contributed by atoms with Crippen LogP contribution in [0.1, 0.15) is 12.5 Å². The molecule has 0 aromatic heterocycles. The molecule has 0 saturated carbocycles. The summed E-state index contributed by atoms with van der Waals surface area (Å²) < 4.78 is 37.4. The van der Waals surface area contributed by atoms with E-state index in [1.807, 2.05) is 0 Å². The number of hydrogen-bond acceptors (Lipinski definition) is 3. The molecular weight excluding hydrogens is 228 g/mol. The van der Waals surface area contributed by atoms with Crippen LogP contribution in [0, 0.1) is 11.6 Å². The molecule has 2 N–H and O–H groups in total. The molecule has 0 spiro atoms. The normalized spacial score (nSPS) is 19.6. The molecule has 17 heavy (non-hydrogen) atoms. The molecule has 94 valence electrons. The molecule has 3 nitrogen and oxygen atoms in total. The Morgan fingerprint density at radius 1 is 1.35 bits per heavy atom. The summed E-state index contributed by atoms with van der Waals surface area (Å²) in [7, 11) is 1.30. The maximum atomic E-state index is 13.9. The molecule has 5 heteroatoms. The minimum absolute atomic E-state index is 0.105. The molecule has 1 aliphatic rings. The molecule has 0 amide bonds. The Morgan fingerprint density at radius 3 is 2.41 bits per heavy atom. The van der Waals surface area contributed by atoms with E-state index in [1.165, 1.54) is 7.11 Å². The van der Waals surface area contributed by atoms with E-state index in [1.54, 1.807) is 6.92 Å². The van der Waals surface area contributed by atoms with Gasteiger partial charge in [-0.1, -0.05) is 0 Å². The van der Waals surface area contributed by atoms with E-state index in [4.69, 9.17) is 15.2 Å². The third-order valence-corrected chi connectivity index (χ3v) is 3.37. The van der Waals surface area contributed by atoms with Gasteiger partial charge in [-0.05, 0) is 13.0 Å². The first-order valence-corrected chi connectivity index (χ1v) is 5.38. The number of rotatable bonds is 3. The van der Waals surface area contributed by atoms with E-state index in [-0.39, 0.29) is 17.4 Å². The molecule has 1 atom stereocenters. The lowest BCUT2D eigenvalue weighted by atomic mass is 9.73. The third kappa shape index (κ3) is 1.79. The van der Waals surface area contributed by atoms with Crippen LogP contribution in [0.25, 0.3) is 0 Å². The molecular formula is C12H15F2NO2.